The van der Waals surface area contributed by atoms with E-state index >= 15 is 0 Å². The van der Waals surface area contributed by atoms with Gasteiger partial charge in [-0.2, -0.15) is 0 Å². The van der Waals surface area contributed by atoms with Gasteiger partial charge >= 0.3 is 0 Å². The third kappa shape index (κ3) is 5.55. The van der Waals surface area contributed by atoms with E-state index in [4.69, 9.17) is 0 Å². The summed E-state index contributed by atoms with van der Waals surface area (Å²) in [4.78, 5) is 2.45. The molecule has 0 saturated heterocycles. The number of hydrogen-bond acceptors (Lipinski definition) is 1. The molecule has 11 aromatic carbocycles. The predicted molar refractivity (Wildman–Crippen MR) is 245 cm³/mol. The molecule has 0 amide bonds. The highest BCUT2D eigenvalue weighted by Crippen LogP contribution is 2.47. The van der Waals surface area contributed by atoms with Crippen LogP contribution in [0.3, 0.4) is 0 Å². The molecule has 0 aromatic heterocycles. The maximum Gasteiger partial charge on any atom is 0.0546 e. The number of fused-ring (bicyclic) bond motifs is 7. The lowest BCUT2D eigenvalue weighted by Gasteiger charge is -2.28. The molecule has 0 N–H and O–H groups in total. The zero-order valence-corrected chi connectivity index (χ0v) is 31.3. The van der Waals surface area contributed by atoms with E-state index in [9.17, 15) is 0 Å². The third-order valence-corrected chi connectivity index (χ3v) is 11.6. The van der Waals surface area contributed by atoms with Gasteiger partial charge in [-0.05, 0) is 112 Å². The van der Waals surface area contributed by atoms with Gasteiger partial charge in [0.05, 0.1) is 5.69 Å². The number of hydrogen-bond donors (Lipinski definition) is 0. The molecule has 11 rings (SSSR count). The Hall–Kier alpha value is -7.48. The van der Waals surface area contributed by atoms with Crippen LogP contribution in [0.25, 0.3) is 87.2 Å². The van der Waals surface area contributed by atoms with E-state index in [-0.39, 0.29) is 0 Å². The Kier molecular flexibility index (Phi) is 7.89. The highest BCUT2D eigenvalue weighted by Gasteiger charge is 2.21. The van der Waals surface area contributed by atoms with Gasteiger partial charge in [-0.3, -0.25) is 0 Å². The van der Waals surface area contributed by atoms with Crippen LogP contribution in [0.4, 0.5) is 17.1 Å². The lowest BCUT2D eigenvalue weighted by molar-refractivity contribution is 1.30. The van der Waals surface area contributed by atoms with Crippen LogP contribution in [0.2, 0.25) is 0 Å². The smallest absolute Gasteiger partial charge is 0.0546 e. The van der Waals surface area contributed by atoms with E-state index in [2.05, 4.69) is 229 Å². The summed E-state index contributed by atoms with van der Waals surface area (Å²) in [5, 5.41) is 12.5. The van der Waals surface area contributed by atoms with Crippen molar-refractivity contribution in [2.24, 2.45) is 0 Å². The van der Waals surface area contributed by atoms with Crippen LogP contribution in [0.15, 0.2) is 224 Å². The van der Waals surface area contributed by atoms with E-state index in [1.54, 1.807) is 0 Å². The van der Waals surface area contributed by atoms with Gasteiger partial charge in [0.15, 0.2) is 0 Å². The molecule has 0 radical (unpaired) electrons. The van der Waals surface area contributed by atoms with Gasteiger partial charge in [-0.25, -0.2) is 0 Å². The van der Waals surface area contributed by atoms with Gasteiger partial charge in [0, 0.05) is 16.8 Å². The molecule has 0 aliphatic heterocycles. The zero-order valence-electron chi connectivity index (χ0n) is 31.3. The molecule has 266 valence electrons. The van der Waals surface area contributed by atoms with Gasteiger partial charge in [0.25, 0.3) is 0 Å². The normalized spacial score (nSPS) is 11.5. The molecule has 1 heteroatoms. The van der Waals surface area contributed by atoms with Gasteiger partial charge in [0.2, 0.25) is 0 Å². The van der Waals surface area contributed by atoms with Crippen LogP contribution in [0.5, 0.6) is 0 Å². The van der Waals surface area contributed by atoms with Crippen molar-refractivity contribution < 1.29 is 0 Å². The second kappa shape index (κ2) is 13.7. The fourth-order valence-electron chi connectivity index (χ4n) is 9.06. The molecule has 1 nitrogen and oxygen atoms in total. The molecule has 0 heterocycles. The minimum Gasteiger partial charge on any atom is -0.310 e. The first-order chi connectivity index (χ1) is 28.3. The van der Waals surface area contributed by atoms with Crippen molar-refractivity contribution in [3.05, 3.63) is 224 Å². The van der Waals surface area contributed by atoms with Crippen LogP contribution < -0.4 is 4.90 Å². The van der Waals surface area contributed by atoms with Crippen LogP contribution in [-0.2, 0) is 0 Å². The van der Waals surface area contributed by atoms with E-state index in [1.807, 2.05) is 0 Å². The molecular weight excluding hydrogens is 687 g/mol. The summed E-state index contributed by atoms with van der Waals surface area (Å²) in [6.07, 6.45) is 0. The second-order valence-electron chi connectivity index (χ2n) is 14.8. The van der Waals surface area contributed by atoms with Crippen LogP contribution in [0.1, 0.15) is 0 Å². The summed E-state index contributed by atoms with van der Waals surface area (Å²) < 4.78 is 0. The van der Waals surface area contributed by atoms with Crippen molar-refractivity contribution in [2.45, 2.75) is 0 Å². The van der Waals surface area contributed by atoms with Gasteiger partial charge in [-0.1, -0.05) is 194 Å². The quantitative estimate of drug-likeness (QED) is 0.154. The standard InChI is InChI=1S/C56H37N/c1-2-17-40(18-3-1)55-52-29-12-9-26-49(52)50-27-10-13-30-53(50)56(55)42-21-14-22-44(36-42)57(54-37-41-19-5-7-24-47(41)48-25-8-11-28-51(48)54)43-34-32-39(33-35-43)46-31-15-20-38-16-4-6-23-45(38)46/h1-37H. The minimum absolute atomic E-state index is 1.10. The third-order valence-electron chi connectivity index (χ3n) is 11.6. The molecule has 0 saturated carbocycles. The maximum atomic E-state index is 2.45. The van der Waals surface area contributed by atoms with Gasteiger partial charge in [-0.15, -0.1) is 0 Å². The van der Waals surface area contributed by atoms with Gasteiger partial charge in [0.1, 0.15) is 0 Å². The summed E-state index contributed by atoms with van der Waals surface area (Å²) in [6.45, 7) is 0. The van der Waals surface area contributed by atoms with Crippen molar-refractivity contribution >= 4 is 70.9 Å². The highest BCUT2D eigenvalue weighted by molar-refractivity contribution is 6.22. The maximum absolute atomic E-state index is 2.45. The Bertz CT molecular complexity index is 3280. The van der Waals surface area contributed by atoms with Crippen molar-refractivity contribution in [1.29, 1.82) is 0 Å². The Balaban J connectivity index is 1.17. The number of nitrogens with zero attached hydrogens (tertiary/aromatic N) is 1. The first-order valence-electron chi connectivity index (χ1n) is 19.7. The van der Waals surface area contributed by atoms with Crippen molar-refractivity contribution in [3.63, 3.8) is 0 Å². The number of benzene rings is 11. The Morgan fingerprint density at radius 1 is 0.246 bits per heavy atom. The Morgan fingerprint density at radius 3 is 1.44 bits per heavy atom. The molecule has 11 aromatic rings. The van der Waals surface area contributed by atoms with E-state index in [0.717, 1.165) is 17.1 Å². The van der Waals surface area contributed by atoms with Crippen LogP contribution >= 0.6 is 0 Å². The van der Waals surface area contributed by atoms with E-state index < -0.39 is 0 Å². The van der Waals surface area contributed by atoms with Crippen LogP contribution in [0, 0.1) is 0 Å². The molecule has 57 heavy (non-hydrogen) atoms. The monoisotopic (exact) mass is 723 g/mol. The summed E-state index contributed by atoms with van der Waals surface area (Å²) in [6, 6.07) is 82.1. The number of anilines is 3. The molecule has 0 fully saturated rings. The second-order valence-corrected chi connectivity index (χ2v) is 14.8. The summed E-state index contributed by atoms with van der Waals surface area (Å²) in [5.74, 6) is 0. The van der Waals surface area contributed by atoms with Crippen molar-refractivity contribution in [3.8, 4) is 33.4 Å². The molecule has 0 aliphatic carbocycles. The number of rotatable bonds is 6. The Morgan fingerprint density at radius 2 is 0.737 bits per heavy atom. The lowest BCUT2D eigenvalue weighted by Crippen LogP contribution is -2.11. The van der Waals surface area contributed by atoms with Gasteiger partial charge < -0.3 is 4.90 Å². The molecule has 0 aliphatic rings. The molecule has 0 unspecified atom stereocenters. The summed E-state index contributed by atoms with van der Waals surface area (Å²) >= 11 is 0. The SMILES string of the molecule is c1ccc(-c2c(-c3cccc(N(c4ccc(-c5cccc6ccccc56)cc4)c4cc5ccccc5c5ccccc45)c3)c3ccccc3c3ccccc23)cc1. The van der Waals surface area contributed by atoms with E-state index in [1.165, 1.54) is 87.2 Å². The summed E-state index contributed by atoms with van der Waals surface area (Å²) in [5.41, 5.74) is 10.7. The average molecular weight is 724 g/mol. The first kappa shape index (κ1) is 32.9. The average Bonchev–Trinajstić information content (AvgIpc) is 3.29. The zero-order chi connectivity index (χ0) is 37.7. The van der Waals surface area contributed by atoms with Crippen LogP contribution in [-0.4, -0.2) is 0 Å². The predicted octanol–water partition coefficient (Wildman–Crippen LogP) is 15.9. The molecule has 0 spiro atoms. The van der Waals surface area contributed by atoms with E-state index in [0.29, 0.717) is 0 Å². The molecular formula is C56H37N. The topological polar surface area (TPSA) is 3.24 Å². The Labute approximate surface area is 332 Å². The fraction of sp³-hybridized carbons (Fsp3) is 0. The minimum atomic E-state index is 1.10. The fourth-order valence-corrected chi connectivity index (χ4v) is 9.06. The molecule has 0 bridgehead atoms. The first-order valence-corrected chi connectivity index (χ1v) is 19.7. The summed E-state index contributed by atoms with van der Waals surface area (Å²) in [7, 11) is 0. The highest BCUT2D eigenvalue weighted by atomic mass is 15.1. The molecule has 0 atom stereocenters. The van der Waals surface area contributed by atoms with Crippen molar-refractivity contribution in [1.82, 2.24) is 0 Å². The largest absolute Gasteiger partial charge is 0.310 e. The lowest BCUT2D eigenvalue weighted by atomic mass is 9.85. The van der Waals surface area contributed by atoms with Crippen molar-refractivity contribution in [2.75, 3.05) is 4.90 Å².